The van der Waals surface area contributed by atoms with Gasteiger partial charge in [-0.3, -0.25) is 4.79 Å². The first-order valence-electron chi connectivity index (χ1n) is 9.21. The van der Waals surface area contributed by atoms with Crippen molar-refractivity contribution in [2.75, 3.05) is 18.8 Å². The van der Waals surface area contributed by atoms with Gasteiger partial charge in [0.15, 0.2) is 6.54 Å². The first-order valence-corrected chi connectivity index (χ1v) is 10.6. The summed E-state index contributed by atoms with van der Waals surface area (Å²) in [7, 11) is 0. The maximum Gasteiger partial charge on any atom is 0.278 e. The van der Waals surface area contributed by atoms with Crippen LogP contribution in [0.4, 0.5) is 4.39 Å². The molecule has 6 heteroatoms. The first-order chi connectivity index (χ1) is 13.0. The van der Waals surface area contributed by atoms with E-state index < -0.39 is 0 Å². The van der Waals surface area contributed by atoms with Crippen LogP contribution in [0, 0.1) is 5.82 Å². The van der Waals surface area contributed by atoms with E-state index in [1.165, 1.54) is 6.07 Å². The molecule has 1 aliphatic rings. The number of amides is 1. The molecule has 0 aromatic heterocycles. The fourth-order valence-electron chi connectivity index (χ4n) is 3.31. The van der Waals surface area contributed by atoms with Crippen molar-refractivity contribution in [3.8, 4) is 0 Å². The minimum Gasteiger partial charge on any atom is -0.321 e. The van der Waals surface area contributed by atoms with Gasteiger partial charge in [-0.1, -0.05) is 48.0 Å². The number of quaternary nitrogens is 1. The fraction of sp³-hybridized carbons (Fsp3) is 0.381. The van der Waals surface area contributed by atoms with E-state index in [4.69, 9.17) is 11.6 Å². The van der Waals surface area contributed by atoms with Crippen molar-refractivity contribution >= 4 is 29.3 Å². The Labute approximate surface area is 169 Å². The third-order valence-corrected chi connectivity index (χ3v) is 6.54. The predicted octanol–water partition coefficient (Wildman–Crippen LogP) is 3.55. The molecule has 3 nitrogen and oxygen atoms in total. The van der Waals surface area contributed by atoms with Crippen molar-refractivity contribution in [3.63, 3.8) is 0 Å². The number of hydrogen-bond acceptors (Lipinski definition) is 2. The Morgan fingerprint density at radius 2 is 1.96 bits per heavy atom. The molecule has 1 fully saturated rings. The van der Waals surface area contributed by atoms with E-state index >= 15 is 0 Å². The summed E-state index contributed by atoms with van der Waals surface area (Å²) in [4.78, 5) is 16.1. The van der Waals surface area contributed by atoms with Crippen LogP contribution in [0.1, 0.15) is 30.3 Å². The highest BCUT2D eigenvalue weighted by Crippen LogP contribution is 2.40. The summed E-state index contributed by atoms with van der Waals surface area (Å²) in [6.07, 6.45) is 0. The van der Waals surface area contributed by atoms with Gasteiger partial charge < -0.3 is 9.80 Å². The van der Waals surface area contributed by atoms with Gasteiger partial charge in [0.05, 0.1) is 6.04 Å². The zero-order valence-electron chi connectivity index (χ0n) is 15.6. The number of benzene rings is 2. The molecular weight excluding hydrogens is 383 g/mol. The third-order valence-electron chi connectivity index (χ3n) is 4.95. The SMILES string of the molecule is CC(C)[NH+](CC(=O)N1CCS[C@@H]1c1ccccc1Cl)Cc1ccccc1F. The molecular formula is C21H25ClFN2OS+. The molecule has 2 atom stereocenters. The third kappa shape index (κ3) is 4.84. The molecule has 1 saturated heterocycles. The molecule has 1 aliphatic heterocycles. The summed E-state index contributed by atoms with van der Waals surface area (Å²) in [6.45, 7) is 5.67. The molecule has 1 N–H and O–H groups in total. The van der Waals surface area contributed by atoms with Crippen molar-refractivity contribution in [1.82, 2.24) is 4.90 Å². The van der Waals surface area contributed by atoms with E-state index in [1.54, 1.807) is 23.9 Å². The van der Waals surface area contributed by atoms with Crippen molar-refractivity contribution in [2.24, 2.45) is 0 Å². The monoisotopic (exact) mass is 407 g/mol. The predicted molar refractivity (Wildman–Crippen MR) is 109 cm³/mol. The summed E-state index contributed by atoms with van der Waals surface area (Å²) in [5.41, 5.74) is 1.63. The van der Waals surface area contributed by atoms with Gasteiger partial charge >= 0.3 is 0 Å². The number of hydrogen-bond donors (Lipinski definition) is 1. The lowest BCUT2D eigenvalue weighted by atomic mass is 10.1. The quantitative estimate of drug-likeness (QED) is 0.792. The summed E-state index contributed by atoms with van der Waals surface area (Å²) in [5, 5.41) is 0.641. The van der Waals surface area contributed by atoms with Gasteiger partial charge in [-0.05, 0) is 26.0 Å². The van der Waals surface area contributed by atoms with Crippen molar-refractivity contribution in [3.05, 3.63) is 70.5 Å². The molecule has 0 radical (unpaired) electrons. The largest absolute Gasteiger partial charge is 0.321 e. The number of thioether (sulfide) groups is 1. The lowest BCUT2D eigenvalue weighted by Crippen LogP contribution is -3.14. The minimum absolute atomic E-state index is 0.0481. The van der Waals surface area contributed by atoms with E-state index in [0.717, 1.165) is 16.2 Å². The van der Waals surface area contributed by atoms with Crippen LogP contribution in [-0.2, 0) is 11.3 Å². The zero-order chi connectivity index (χ0) is 19.4. The summed E-state index contributed by atoms with van der Waals surface area (Å²) in [6, 6.07) is 14.7. The second kappa shape index (κ2) is 9.09. The van der Waals surface area contributed by atoms with E-state index in [9.17, 15) is 9.18 Å². The lowest BCUT2D eigenvalue weighted by Gasteiger charge is -2.29. The maximum atomic E-state index is 14.1. The molecule has 144 valence electrons. The fourth-order valence-corrected chi connectivity index (χ4v) is 4.93. The second-order valence-corrected chi connectivity index (χ2v) is 8.69. The Balaban J connectivity index is 1.73. The van der Waals surface area contributed by atoms with Crippen LogP contribution in [-0.4, -0.2) is 35.7 Å². The van der Waals surface area contributed by atoms with E-state index in [0.29, 0.717) is 30.2 Å². The van der Waals surface area contributed by atoms with Crippen LogP contribution in [0.2, 0.25) is 5.02 Å². The molecule has 1 heterocycles. The molecule has 1 unspecified atom stereocenters. The molecule has 3 rings (SSSR count). The van der Waals surface area contributed by atoms with E-state index in [1.807, 2.05) is 35.2 Å². The van der Waals surface area contributed by atoms with Gasteiger partial charge in [0.25, 0.3) is 5.91 Å². The summed E-state index contributed by atoms with van der Waals surface area (Å²) in [5.74, 6) is 0.769. The number of carbonyl (C=O) groups excluding carboxylic acids is 1. The Bertz CT molecular complexity index is 801. The second-order valence-electron chi connectivity index (χ2n) is 7.09. The van der Waals surface area contributed by atoms with Crippen LogP contribution in [0.3, 0.4) is 0 Å². The van der Waals surface area contributed by atoms with E-state index in [2.05, 4.69) is 13.8 Å². The van der Waals surface area contributed by atoms with Gasteiger partial charge in [0.2, 0.25) is 0 Å². The minimum atomic E-state index is -0.214. The number of nitrogens with zero attached hydrogens (tertiary/aromatic N) is 1. The van der Waals surface area contributed by atoms with Crippen molar-refractivity contribution in [1.29, 1.82) is 0 Å². The number of carbonyl (C=O) groups is 1. The number of halogens is 2. The highest BCUT2D eigenvalue weighted by molar-refractivity contribution is 7.99. The maximum absolute atomic E-state index is 14.1. The molecule has 1 amide bonds. The smallest absolute Gasteiger partial charge is 0.278 e. The average molecular weight is 408 g/mol. The standard InChI is InChI=1S/C21H24ClFN2OS/c1-15(2)24(13-16-7-3-6-10-19(16)23)14-20(26)25-11-12-27-21(25)17-8-4-5-9-18(17)22/h3-10,15,21H,11-14H2,1-2H3/p+1/t21-/m1/s1. The molecule has 2 aromatic rings. The van der Waals surface area contributed by atoms with Crippen LogP contribution in [0.15, 0.2) is 48.5 Å². The molecule has 2 aromatic carbocycles. The zero-order valence-corrected chi connectivity index (χ0v) is 17.2. The molecule has 27 heavy (non-hydrogen) atoms. The summed E-state index contributed by atoms with van der Waals surface area (Å²) >= 11 is 8.10. The van der Waals surface area contributed by atoms with Gasteiger partial charge in [-0.2, -0.15) is 0 Å². The molecule has 0 aliphatic carbocycles. The van der Waals surface area contributed by atoms with Crippen LogP contribution in [0.25, 0.3) is 0 Å². The Morgan fingerprint density at radius 3 is 2.67 bits per heavy atom. The average Bonchev–Trinajstić information content (AvgIpc) is 3.12. The number of rotatable bonds is 6. The normalized spacial score (nSPS) is 18.1. The highest BCUT2D eigenvalue weighted by Gasteiger charge is 2.34. The number of nitrogens with one attached hydrogen (secondary N) is 1. The topological polar surface area (TPSA) is 24.8 Å². The molecule has 0 bridgehead atoms. The van der Waals surface area contributed by atoms with Gasteiger partial charge in [0.1, 0.15) is 17.7 Å². The molecule has 0 saturated carbocycles. The van der Waals surface area contributed by atoms with Gasteiger partial charge in [-0.25, -0.2) is 4.39 Å². The Hall–Kier alpha value is -1.56. The first kappa shape index (κ1) is 20.2. The van der Waals surface area contributed by atoms with Crippen LogP contribution in [0.5, 0.6) is 0 Å². The van der Waals surface area contributed by atoms with Crippen LogP contribution >= 0.6 is 23.4 Å². The van der Waals surface area contributed by atoms with Gasteiger partial charge in [-0.15, -0.1) is 11.8 Å². The van der Waals surface area contributed by atoms with E-state index in [-0.39, 0.29) is 23.1 Å². The highest BCUT2D eigenvalue weighted by atomic mass is 35.5. The van der Waals surface area contributed by atoms with Crippen molar-refractivity contribution in [2.45, 2.75) is 31.8 Å². The van der Waals surface area contributed by atoms with Crippen LogP contribution < -0.4 is 4.90 Å². The van der Waals surface area contributed by atoms with Crippen molar-refractivity contribution < 1.29 is 14.1 Å². The van der Waals surface area contributed by atoms with Gasteiger partial charge in [0, 0.05) is 28.4 Å². The Kier molecular flexibility index (Phi) is 6.79. The summed E-state index contributed by atoms with van der Waals surface area (Å²) < 4.78 is 14.1. The lowest BCUT2D eigenvalue weighted by molar-refractivity contribution is -0.927. The Morgan fingerprint density at radius 1 is 1.26 bits per heavy atom. The molecule has 0 spiro atoms.